The van der Waals surface area contributed by atoms with Crippen molar-refractivity contribution >= 4 is 0 Å². The minimum atomic E-state index is -4.55. The van der Waals surface area contributed by atoms with Crippen molar-refractivity contribution < 1.29 is 17.6 Å². The molecule has 0 amide bonds. The van der Waals surface area contributed by atoms with E-state index in [4.69, 9.17) is 0 Å². The second kappa shape index (κ2) is 6.10. The maximum absolute atomic E-state index is 13.0. The minimum absolute atomic E-state index is 0.0480. The van der Waals surface area contributed by atoms with Crippen LogP contribution in [0.3, 0.4) is 0 Å². The lowest BCUT2D eigenvalue weighted by molar-refractivity contribution is -0.138. The highest BCUT2D eigenvalue weighted by atomic mass is 19.4. The summed E-state index contributed by atoms with van der Waals surface area (Å²) in [5.74, 6) is -0.880. The van der Waals surface area contributed by atoms with Crippen LogP contribution in [-0.2, 0) is 12.7 Å². The van der Waals surface area contributed by atoms with E-state index in [1.54, 1.807) is 0 Å². The summed E-state index contributed by atoms with van der Waals surface area (Å²) in [4.78, 5) is 1.98. The number of rotatable bonds is 5. The molecule has 1 aromatic carbocycles. The quantitative estimate of drug-likeness (QED) is 0.838. The minimum Gasteiger partial charge on any atom is -0.311 e. The first-order valence-electron chi connectivity index (χ1n) is 6.28. The summed E-state index contributed by atoms with van der Waals surface area (Å²) in [6, 6.07) is 2.76. The van der Waals surface area contributed by atoms with Gasteiger partial charge in [0.2, 0.25) is 0 Å². The Balaban J connectivity index is 2.79. The van der Waals surface area contributed by atoms with Crippen molar-refractivity contribution in [3.8, 4) is 0 Å². The van der Waals surface area contributed by atoms with Gasteiger partial charge >= 0.3 is 6.18 Å². The first kappa shape index (κ1) is 16.9. The molecular weight excluding hydrogens is 272 g/mol. The van der Waals surface area contributed by atoms with E-state index in [1.807, 2.05) is 32.8 Å². The van der Waals surface area contributed by atoms with E-state index in [9.17, 15) is 17.6 Å². The third-order valence-corrected chi connectivity index (χ3v) is 3.46. The molecule has 1 N–H and O–H groups in total. The monoisotopic (exact) mass is 292 g/mol. The van der Waals surface area contributed by atoms with Gasteiger partial charge in [0.05, 0.1) is 5.56 Å². The molecule has 0 aliphatic carbocycles. The number of benzene rings is 1. The van der Waals surface area contributed by atoms with Gasteiger partial charge in [-0.05, 0) is 45.6 Å². The van der Waals surface area contributed by atoms with E-state index in [-0.39, 0.29) is 17.6 Å². The Labute approximate surface area is 116 Å². The molecule has 0 heterocycles. The topological polar surface area (TPSA) is 15.3 Å². The molecule has 0 saturated carbocycles. The fraction of sp³-hybridized carbons (Fsp3) is 0.571. The Morgan fingerprint density at radius 1 is 1.15 bits per heavy atom. The second-order valence-electron chi connectivity index (χ2n) is 5.61. The summed E-state index contributed by atoms with van der Waals surface area (Å²) in [6.07, 6.45) is -4.55. The Morgan fingerprint density at radius 2 is 1.75 bits per heavy atom. The number of nitrogens with one attached hydrogen (secondary N) is 1. The van der Waals surface area contributed by atoms with Crippen LogP contribution in [0.4, 0.5) is 17.6 Å². The fourth-order valence-electron chi connectivity index (χ4n) is 1.63. The predicted octanol–water partition coefficient (Wildman–Crippen LogP) is 3.27. The number of alkyl halides is 3. The zero-order valence-electron chi connectivity index (χ0n) is 12.1. The van der Waals surface area contributed by atoms with E-state index in [0.29, 0.717) is 12.6 Å². The molecular formula is C14H20F4N2. The summed E-state index contributed by atoms with van der Waals surface area (Å²) in [7, 11) is 3.81. The summed E-state index contributed by atoms with van der Waals surface area (Å²) < 4.78 is 51.4. The summed E-state index contributed by atoms with van der Waals surface area (Å²) in [5.41, 5.74) is -1.06. The zero-order chi connectivity index (χ0) is 15.6. The summed E-state index contributed by atoms with van der Waals surface area (Å²) >= 11 is 0. The third kappa shape index (κ3) is 4.45. The average molecular weight is 292 g/mol. The maximum atomic E-state index is 13.0. The molecule has 1 aromatic rings. The van der Waals surface area contributed by atoms with E-state index < -0.39 is 17.6 Å². The molecule has 0 atom stereocenters. The maximum Gasteiger partial charge on any atom is 0.416 e. The van der Waals surface area contributed by atoms with Gasteiger partial charge in [0, 0.05) is 18.6 Å². The van der Waals surface area contributed by atoms with Gasteiger partial charge in [0.1, 0.15) is 5.82 Å². The van der Waals surface area contributed by atoms with Gasteiger partial charge in [-0.15, -0.1) is 0 Å². The Kier molecular flexibility index (Phi) is 5.15. The molecule has 0 fully saturated rings. The first-order chi connectivity index (χ1) is 9.04. The highest BCUT2D eigenvalue weighted by Gasteiger charge is 2.33. The SMILES string of the molecule is CN(C)C(C)(C)CNCc1ccc(F)cc1C(F)(F)F. The molecule has 20 heavy (non-hydrogen) atoms. The van der Waals surface area contributed by atoms with Crippen molar-refractivity contribution in [1.29, 1.82) is 0 Å². The third-order valence-electron chi connectivity index (χ3n) is 3.46. The molecule has 0 aliphatic heterocycles. The number of likely N-dealkylation sites (N-methyl/N-ethyl adjacent to an activating group) is 1. The van der Waals surface area contributed by atoms with E-state index >= 15 is 0 Å². The van der Waals surface area contributed by atoms with Crippen molar-refractivity contribution in [1.82, 2.24) is 10.2 Å². The molecule has 1 rings (SSSR count). The normalized spacial score (nSPS) is 13.1. The first-order valence-corrected chi connectivity index (χ1v) is 6.28. The average Bonchev–Trinajstić information content (AvgIpc) is 2.29. The second-order valence-corrected chi connectivity index (χ2v) is 5.61. The van der Waals surface area contributed by atoms with Crippen LogP contribution in [0, 0.1) is 5.82 Å². The van der Waals surface area contributed by atoms with Gasteiger partial charge < -0.3 is 10.2 Å². The van der Waals surface area contributed by atoms with Crippen LogP contribution < -0.4 is 5.32 Å². The van der Waals surface area contributed by atoms with Gasteiger partial charge in [-0.1, -0.05) is 6.07 Å². The van der Waals surface area contributed by atoms with Gasteiger partial charge in [-0.2, -0.15) is 13.2 Å². The number of nitrogens with zero attached hydrogens (tertiary/aromatic N) is 1. The lowest BCUT2D eigenvalue weighted by Crippen LogP contribution is -2.46. The smallest absolute Gasteiger partial charge is 0.311 e. The van der Waals surface area contributed by atoms with Gasteiger partial charge in [0.25, 0.3) is 0 Å². The highest BCUT2D eigenvalue weighted by Crippen LogP contribution is 2.32. The van der Waals surface area contributed by atoms with Gasteiger partial charge in [-0.3, -0.25) is 0 Å². The number of halogens is 4. The Bertz CT molecular complexity index is 453. The Hall–Kier alpha value is -1.14. The molecule has 114 valence electrons. The number of hydrogen-bond donors (Lipinski definition) is 1. The van der Waals surface area contributed by atoms with Crippen LogP contribution in [0.15, 0.2) is 18.2 Å². The molecule has 0 spiro atoms. The van der Waals surface area contributed by atoms with Gasteiger partial charge in [0.15, 0.2) is 0 Å². The standard InChI is InChI=1S/C14H20F4N2/c1-13(2,20(3)4)9-19-8-10-5-6-11(15)7-12(10)14(16,17)18/h5-7,19H,8-9H2,1-4H3. The highest BCUT2D eigenvalue weighted by molar-refractivity contribution is 5.30. The van der Waals surface area contributed by atoms with Crippen LogP contribution >= 0.6 is 0 Å². The molecule has 2 nitrogen and oxygen atoms in total. The largest absolute Gasteiger partial charge is 0.416 e. The summed E-state index contributed by atoms with van der Waals surface area (Å²) in [6.45, 7) is 4.53. The molecule has 0 aromatic heterocycles. The van der Waals surface area contributed by atoms with Crippen LogP contribution in [-0.4, -0.2) is 31.1 Å². The van der Waals surface area contributed by atoms with Crippen molar-refractivity contribution in [2.45, 2.75) is 32.1 Å². The lowest BCUT2D eigenvalue weighted by atomic mass is 10.0. The zero-order valence-corrected chi connectivity index (χ0v) is 12.1. The van der Waals surface area contributed by atoms with Crippen LogP contribution in [0.1, 0.15) is 25.0 Å². The van der Waals surface area contributed by atoms with Crippen LogP contribution in [0.25, 0.3) is 0 Å². The van der Waals surface area contributed by atoms with Gasteiger partial charge in [-0.25, -0.2) is 4.39 Å². The van der Waals surface area contributed by atoms with E-state index in [1.165, 1.54) is 6.07 Å². The van der Waals surface area contributed by atoms with Crippen molar-refractivity contribution in [2.75, 3.05) is 20.6 Å². The predicted molar refractivity (Wildman–Crippen MR) is 70.9 cm³/mol. The molecule has 0 aliphatic rings. The van der Waals surface area contributed by atoms with Crippen molar-refractivity contribution in [3.05, 3.63) is 35.1 Å². The lowest BCUT2D eigenvalue weighted by Gasteiger charge is -2.33. The number of hydrogen-bond acceptors (Lipinski definition) is 2. The summed E-state index contributed by atoms with van der Waals surface area (Å²) in [5, 5.41) is 2.99. The molecule has 0 unspecified atom stereocenters. The van der Waals surface area contributed by atoms with Crippen molar-refractivity contribution in [3.63, 3.8) is 0 Å². The van der Waals surface area contributed by atoms with Crippen molar-refractivity contribution in [2.24, 2.45) is 0 Å². The van der Waals surface area contributed by atoms with E-state index in [2.05, 4.69) is 5.32 Å². The Morgan fingerprint density at radius 3 is 2.25 bits per heavy atom. The van der Waals surface area contributed by atoms with Crippen LogP contribution in [0.2, 0.25) is 0 Å². The fourth-order valence-corrected chi connectivity index (χ4v) is 1.63. The molecule has 0 saturated heterocycles. The van der Waals surface area contributed by atoms with E-state index in [0.717, 1.165) is 6.07 Å². The van der Waals surface area contributed by atoms with Crippen LogP contribution in [0.5, 0.6) is 0 Å². The molecule has 0 radical (unpaired) electrons. The molecule has 0 bridgehead atoms. The molecule has 6 heteroatoms.